The van der Waals surface area contributed by atoms with E-state index < -0.39 is 0 Å². The van der Waals surface area contributed by atoms with Crippen LogP contribution < -0.4 is 5.32 Å². The van der Waals surface area contributed by atoms with Gasteiger partial charge in [-0.25, -0.2) is 9.97 Å². The average molecular weight is 366 g/mol. The smallest absolute Gasteiger partial charge is 0.153 e. The third-order valence-electron chi connectivity index (χ3n) is 4.57. The Morgan fingerprint density at radius 3 is 2.65 bits per heavy atom. The molecule has 0 atom stereocenters. The normalized spacial score (nSPS) is 13.5. The summed E-state index contributed by atoms with van der Waals surface area (Å²) < 4.78 is 0. The first-order valence-electron chi connectivity index (χ1n) is 9.04. The highest BCUT2D eigenvalue weighted by Crippen LogP contribution is 2.29. The van der Waals surface area contributed by atoms with E-state index in [4.69, 9.17) is 9.97 Å². The number of nitrogens with one attached hydrogen (secondary N) is 2. The van der Waals surface area contributed by atoms with Crippen molar-refractivity contribution < 1.29 is 0 Å². The maximum Gasteiger partial charge on any atom is 0.153 e. The lowest BCUT2D eigenvalue weighted by Crippen LogP contribution is -2.13. The monoisotopic (exact) mass is 365 g/mol. The Labute approximate surface area is 158 Å². The Morgan fingerprint density at radius 2 is 1.88 bits per heavy atom. The molecule has 0 spiro atoms. The maximum atomic E-state index is 4.85. The van der Waals surface area contributed by atoms with Crippen LogP contribution in [0.15, 0.2) is 35.2 Å². The number of hydrogen-bond acceptors (Lipinski definition) is 5. The molecule has 0 fully saturated rings. The van der Waals surface area contributed by atoms with Gasteiger partial charge in [0.05, 0.1) is 5.75 Å². The first kappa shape index (κ1) is 17.1. The fourth-order valence-electron chi connectivity index (χ4n) is 3.20. The van der Waals surface area contributed by atoms with Crippen LogP contribution >= 0.6 is 11.8 Å². The van der Waals surface area contributed by atoms with Gasteiger partial charge in [0.25, 0.3) is 0 Å². The van der Waals surface area contributed by atoms with Crippen LogP contribution in [0.25, 0.3) is 0 Å². The van der Waals surface area contributed by atoms with Gasteiger partial charge in [0, 0.05) is 27.9 Å². The van der Waals surface area contributed by atoms with Crippen molar-refractivity contribution in [1.82, 2.24) is 20.2 Å². The first-order valence-corrected chi connectivity index (χ1v) is 10.0. The quantitative estimate of drug-likeness (QED) is 0.640. The molecule has 0 unspecified atom stereocenters. The van der Waals surface area contributed by atoms with Crippen LogP contribution in [-0.2, 0) is 18.6 Å². The summed E-state index contributed by atoms with van der Waals surface area (Å²) in [6.45, 7) is 4.10. The summed E-state index contributed by atoms with van der Waals surface area (Å²) in [5.41, 5.74) is 4.76. The SMILES string of the molecule is Cc1ccc(SCc2nc3c(c(Nc4cc(C)[nH]n4)n2)CCCC3)cc1. The van der Waals surface area contributed by atoms with Gasteiger partial charge in [-0.05, 0) is 51.7 Å². The van der Waals surface area contributed by atoms with Crippen LogP contribution in [0.2, 0.25) is 0 Å². The molecular formula is C20H23N5S. The average Bonchev–Trinajstić information content (AvgIpc) is 3.06. The molecule has 5 nitrogen and oxygen atoms in total. The van der Waals surface area contributed by atoms with Gasteiger partial charge < -0.3 is 5.32 Å². The second kappa shape index (κ2) is 7.50. The Hall–Kier alpha value is -2.34. The van der Waals surface area contributed by atoms with Crippen LogP contribution in [0.3, 0.4) is 0 Å². The number of aromatic amines is 1. The van der Waals surface area contributed by atoms with Gasteiger partial charge in [-0.15, -0.1) is 11.8 Å². The number of hydrogen-bond donors (Lipinski definition) is 2. The van der Waals surface area contributed by atoms with Crippen LogP contribution in [0, 0.1) is 13.8 Å². The second-order valence-electron chi connectivity index (χ2n) is 6.78. The molecular weight excluding hydrogens is 342 g/mol. The molecule has 134 valence electrons. The van der Waals surface area contributed by atoms with Gasteiger partial charge in [-0.3, -0.25) is 5.10 Å². The molecule has 0 bridgehead atoms. The van der Waals surface area contributed by atoms with Crippen LogP contribution in [0.4, 0.5) is 11.6 Å². The Morgan fingerprint density at radius 1 is 1.08 bits per heavy atom. The fraction of sp³-hybridized carbons (Fsp3) is 0.350. The van der Waals surface area contributed by atoms with E-state index in [2.05, 4.69) is 46.7 Å². The maximum absolute atomic E-state index is 4.85. The van der Waals surface area contributed by atoms with Gasteiger partial charge in [0.1, 0.15) is 11.6 Å². The third kappa shape index (κ3) is 3.90. The van der Waals surface area contributed by atoms with Crippen molar-refractivity contribution in [2.75, 3.05) is 5.32 Å². The minimum Gasteiger partial charge on any atom is -0.323 e. The van der Waals surface area contributed by atoms with Gasteiger partial charge in [-0.2, -0.15) is 5.10 Å². The lowest BCUT2D eigenvalue weighted by atomic mass is 9.96. The molecule has 1 aromatic carbocycles. The number of thioether (sulfide) groups is 1. The predicted molar refractivity (Wildman–Crippen MR) is 106 cm³/mol. The lowest BCUT2D eigenvalue weighted by Gasteiger charge is -2.19. The minimum atomic E-state index is 0.768. The number of fused-ring (bicyclic) bond motifs is 1. The number of aromatic nitrogens is 4. The summed E-state index contributed by atoms with van der Waals surface area (Å²) in [5.74, 6) is 3.38. The van der Waals surface area contributed by atoms with Gasteiger partial charge >= 0.3 is 0 Å². The van der Waals surface area contributed by atoms with Crippen LogP contribution in [0.1, 0.15) is 41.2 Å². The molecule has 6 heteroatoms. The molecule has 2 heterocycles. The summed E-state index contributed by atoms with van der Waals surface area (Å²) >= 11 is 1.78. The molecule has 0 saturated carbocycles. The molecule has 0 amide bonds. The molecule has 0 saturated heterocycles. The van der Waals surface area contributed by atoms with E-state index in [-0.39, 0.29) is 0 Å². The molecule has 1 aliphatic carbocycles. The molecule has 2 aromatic heterocycles. The number of anilines is 2. The van der Waals surface area contributed by atoms with E-state index in [1.165, 1.54) is 34.6 Å². The number of H-pyrrole nitrogens is 1. The number of rotatable bonds is 5. The standard InChI is InChI=1S/C20H23N5S/c1-13-7-9-15(10-8-13)26-12-19-21-17-6-4-3-5-16(17)20(23-19)22-18-11-14(2)24-25-18/h7-11H,3-6,12H2,1-2H3,(H2,21,22,23,24,25). The number of aryl methyl sites for hydroxylation is 3. The number of benzene rings is 1. The fourth-order valence-corrected chi connectivity index (χ4v) is 3.95. The highest BCUT2D eigenvalue weighted by molar-refractivity contribution is 7.98. The first-order chi connectivity index (χ1) is 12.7. The summed E-state index contributed by atoms with van der Waals surface area (Å²) in [7, 11) is 0. The van der Waals surface area contributed by atoms with E-state index in [1.807, 2.05) is 13.0 Å². The van der Waals surface area contributed by atoms with Crippen LogP contribution in [0.5, 0.6) is 0 Å². The highest BCUT2D eigenvalue weighted by atomic mass is 32.2. The molecule has 0 aliphatic heterocycles. The van der Waals surface area contributed by atoms with E-state index >= 15 is 0 Å². The summed E-state index contributed by atoms with van der Waals surface area (Å²) in [5, 5.41) is 10.7. The topological polar surface area (TPSA) is 66.5 Å². The Kier molecular flexibility index (Phi) is 4.93. The zero-order chi connectivity index (χ0) is 17.9. The van der Waals surface area contributed by atoms with E-state index in [0.29, 0.717) is 0 Å². The molecule has 0 radical (unpaired) electrons. The lowest BCUT2D eigenvalue weighted by molar-refractivity contribution is 0.660. The molecule has 3 aromatic rings. The van der Waals surface area contributed by atoms with Crippen molar-refractivity contribution in [3.8, 4) is 0 Å². The van der Waals surface area contributed by atoms with Gasteiger partial charge in [-0.1, -0.05) is 17.7 Å². The molecule has 26 heavy (non-hydrogen) atoms. The Bertz CT molecular complexity index is 901. The van der Waals surface area contributed by atoms with Crippen molar-refractivity contribution in [2.45, 2.75) is 50.2 Å². The summed E-state index contributed by atoms with van der Waals surface area (Å²) in [6.07, 6.45) is 4.47. The largest absolute Gasteiger partial charge is 0.323 e. The highest BCUT2D eigenvalue weighted by Gasteiger charge is 2.18. The third-order valence-corrected chi connectivity index (χ3v) is 5.58. The van der Waals surface area contributed by atoms with E-state index in [9.17, 15) is 0 Å². The van der Waals surface area contributed by atoms with Crippen molar-refractivity contribution in [3.05, 3.63) is 58.7 Å². The van der Waals surface area contributed by atoms with Crippen molar-refractivity contribution in [3.63, 3.8) is 0 Å². The van der Waals surface area contributed by atoms with E-state index in [0.717, 1.165) is 41.7 Å². The van der Waals surface area contributed by atoms with Crippen LogP contribution in [-0.4, -0.2) is 20.2 Å². The van der Waals surface area contributed by atoms with Gasteiger partial charge in [0.15, 0.2) is 5.82 Å². The summed E-state index contributed by atoms with van der Waals surface area (Å²) in [4.78, 5) is 10.9. The minimum absolute atomic E-state index is 0.768. The molecule has 4 rings (SSSR count). The van der Waals surface area contributed by atoms with Crippen molar-refractivity contribution in [2.24, 2.45) is 0 Å². The zero-order valence-electron chi connectivity index (χ0n) is 15.2. The number of nitrogens with zero attached hydrogens (tertiary/aromatic N) is 3. The second-order valence-corrected chi connectivity index (χ2v) is 7.83. The van der Waals surface area contributed by atoms with Crippen molar-refractivity contribution in [1.29, 1.82) is 0 Å². The van der Waals surface area contributed by atoms with E-state index in [1.54, 1.807) is 11.8 Å². The van der Waals surface area contributed by atoms with Gasteiger partial charge in [0.2, 0.25) is 0 Å². The predicted octanol–water partition coefficient (Wildman–Crippen LogP) is 4.73. The van der Waals surface area contributed by atoms with Crippen molar-refractivity contribution >= 4 is 23.4 Å². The zero-order valence-corrected chi connectivity index (χ0v) is 16.0. The summed E-state index contributed by atoms with van der Waals surface area (Å²) in [6, 6.07) is 10.6. The molecule has 1 aliphatic rings. The Balaban J connectivity index is 1.58. The molecule has 2 N–H and O–H groups in total.